The third kappa shape index (κ3) is 3.51. The highest BCUT2D eigenvalue weighted by Gasteiger charge is 2.52. The molecule has 4 saturated carbocycles. The van der Waals surface area contributed by atoms with Crippen molar-refractivity contribution in [3.63, 3.8) is 0 Å². The smallest absolute Gasteiger partial charge is 0.343 e. The molecule has 4 bridgehead atoms. The lowest BCUT2D eigenvalue weighted by Crippen LogP contribution is -2.48. The molecule has 0 atom stereocenters. The number of carbonyl (C=O) groups excluding carboxylic acids is 1. The minimum atomic E-state index is -1.10. The first kappa shape index (κ1) is 20.9. The molecular weight excluding hydrogens is 408 g/mol. The highest BCUT2D eigenvalue weighted by atomic mass is 16.5. The van der Waals surface area contributed by atoms with Gasteiger partial charge in [0.2, 0.25) is 0 Å². The summed E-state index contributed by atoms with van der Waals surface area (Å²) in [6.45, 7) is 0. The molecule has 32 heavy (non-hydrogen) atoms. The van der Waals surface area contributed by atoms with Crippen LogP contribution in [-0.2, 0) is 5.41 Å². The van der Waals surface area contributed by atoms with Gasteiger partial charge in [0.15, 0.2) is 0 Å². The second-order valence-corrected chi connectivity index (χ2v) is 9.67. The third-order valence-electron chi connectivity index (χ3n) is 7.66. The first-order chi connectivity index (χ1) is 15.4. The maximum absolute atomic E-state index is 13.0. The van der Waals surface area contributed by atoms with Gasteiger partial charge in [0.05, 0.1) is 19.8 Å². The summed E-state index contributed by atoms with van der Waals surface area (Å²) >= 11 is 0. The summed E-state index contributed by atoms with van der Waals surface area (Å²) in [4.78, 5) is 24.3. The molecule has 4 aliphatic carbocycles. The van der Waals surface area contributed by atoms with Crippen molar-refractivity contribution < 1.29 is 28.9 Å². The molecule has 0 aromatic heterocycles. The molecule has 4 fully saturated rings. The Morgan fingerprint density at radius 3 is 2.06 bits per heavy atom. The molecule has 6 rings (SSSR count). The number of hydrogen-bond acceptors (Lipinski definition) is 5. The molecule has 0 heterocycles. The number of carboxylic acid groups (broad SMARTS) is 1. The van der Waals surface area contributed by atoms with E-state index in [0.717, 1.165) is 29.1 Å². The molecule has 1 N–H and O–H groups in total. The van der Waals surface area contributed by atoms with Crippen LogP contribution in [0.1, 0.15) is 64.8 Å². The summed E-state index contributed by atoms with van der Waals surface area (Å²) in [6.07, 6.45) is 7.54. The van der Waals surface area contributed by atoms with Crippen molar-refractivity contribution in [1.82, 2.24) is 0 Å². The maximum atomic E-state index is 13.0. The molecular formula is C26H28O6. The topological polar surface area (TPSA) is 82.1 Å². The van der Waals surface area contributed by atoms with Gasteiger partial charge in [-0.15, -0.1) is 0 Å². The number of methoxy groups -OCH3 is 2. The average Bonchev–Trinajstić information content (AvgIpc) is 2.77. The predicted octanol–water partition coefficient (Wildman–Crippen LogP) is 5.09. The molecule has 0 amide bonds. The second kappa shape index (κ2) is 7.84. The van der Waals surface area contributed by atoms with Crippen LogP contribution in [0.2, 0.25) is 0 Å². The molecule has 168 valence electrons. The van der Waals surface area contributed by atoms with E-state index >= 15 is 0 Å². The van der Waals surface area contributed by atoms with Crippen LogP contribution in [0.3, 0.4) is 0 Å². The highest BCUT2D eigenvalue weighted by molar-refractivity contribution is 5.93. The fraction of sp³-hybridized carbons (Fsp3) is 0.462. The summed E-state index contributed by atoms with van der Waals surface area (Å²) < 4.78 is 16.4. The minimum absolute atomic E-state index is 0.0147. The van der Waals surface area contributed by atoms with E-state index in [9.17, 15) is 14.7 Å². The van der Waals surface area contributed by atoms with E-state index in [1.54, 1.807) is 13.2 Å². The predicted molar refractivity (Wildman–Crippen MR) is 118 cm³/mol. The maximum Gasteiger partial charge on any atom is 0.343 e. The zero-order valence-corrected chi connectivity index (χ0v) is 18.4. The van der Waals surface area contributed by atoms with E-state index in [1.807, 2.05) is 12.1 Å². The zero-order valence-electron chi connectivity index (χ0n) is 18.4. The molecule has 0 aliphatic heterocycles. The Morgan fingerprint density at radius 1 is 0.875 bits per heavy atom. The van der Waals surface area contributed by atoms with Gasteiger partial charge in [-0.25, -0.2) is 9.59 Å². The van der Waals surface area contributed by atoms with Gasteiger partial charge in [0, 0.05) is 11.6 Å². The van der Waals surface area contributed by atoms with Crippen molar-refractivity contribution in [1.29, 1.82) is 0 Å². The summed E-state index contributed by atoms with van der Waals surface area (Å²) in [7, 11) is 3.07. The summed E-state index contributed by atoms with van der Waals surface area (Å²) in [5, 5.41) is 9.24. The molecule has 2 aromatic carbocycles. The van der Waals surface area contributed by atoms with E-state index in [-0.39, 0.29) is 22.5 Å². The molecule has 6 nitrogen and oxygen atoms in total. The zero-order chi connectivity index (χ0) is 22.5. The van der Waals surface area contributed by atoms with Gasteiger partial charge in [0.1, 0.15) is 22.8 Å². The summed E-state index contributed by atoms with van der Waals surface area (Å²) in [6, 6.07) is 9.82. The lowest BCUT2D eigenvalue weighted by Gasteiger charge is -2.57. The molecule has 0 unspecified atom stereocenters. The van der Waals surface area contributed by atoms with Crippen LogP contribution in [0, 0.1) is 17.8 Å². The molecule has 4 aliphatic rings. The van der Waals surface area contributed by atoms with Crippen molar-refractivity contribution in [2.45, 2.75) is 43.9 Å². The Morgan fingerprint density at radius 2 is 1.50 bits per heavy atom. The lowest BCUT2D eigenvalue weighted by molar-refractivity contribution is -0.00618. The van der Waals surface area contributed by atoms with Gasteiger partial charge in [-0.1, -0.05) is 0 Å². The number of esters is 1. The van der Waals surface area contributed by atoms with E-state index in [0.29, 0.717) is 5.56 Å². The Bertz CT molecular complexity index is 1040. The monoisotopic (exact) mass is 436 g/mol. The van der Waals surface area contributed by atoms with Gasteiger partial charge >= 0.3 is 11.9 Å². The number of aromatic carboxylic acids is 1. The first-order valence-corrected chi connectivity index (χ1v) is 11.2. The molecule has 6 heteroatoms. The van der Waals surface area contributed by atoms with Gasteiger partial charge in [-0.05, 0) is 92.0 Å². The standard InChI is InChI=1S/C26H28O6/c1-30-22-6-3-18(25(29)32-19-4-5-20(24(27)28)23(11-19)31-2)10-21(22)26-12-15-7-16(13-26)9-17(8-15)14-26/h3-6,10-11,15-17H,7-9,12-14H2,1-2H3,(H,27,28). The molecule has 0 radical (unpaired) electrons. The molecule has 0 spiro atoms. The Hall–Kier alpha value is -3.02. The largest absolute Gasteiger partial charge is 0.496 e. The van der Waals surface area contributed by atoms with E-state index in [4.69, 9.17) is 14.2 Å². The molecule has 0 saturated heterocycles. The van der Waals surface area contributed by atoms with Crippen molar-refractivity contribution in [3.05, 3.63) is 53.1 Å². The third-order valence-corrected chi connectivity index (χ3v) is 7.66. The van der Waals surface area contributed by atoms with Gasteiger partial charge in [0.25, 0.3) is 0 Å². The molecule has 2 aromatic rings. The first-order valence-electron chi connectivity index (χ1n) is 11.2. The summed E-state index contributed by atoms with van der Waals surface area (Å²) in [5.74, 6) is 1.98. The van der Waals surface area contributed by atoms with Crippen molar-refractivity contribution in [3.8, 4) is 17.2 Å². The van der Waals surface area contributed by atoms with Crippen LogP contribution in [0.25, 0.3) is 0 Å². The number of ether oxygens (including phenoxy) is 3. The van der Waals surface area contributed by atoms with E-state index in [1.165, 1.54) is 63.8 Å². The van der Waals surface area contributed by atoms with E-state index in [2.05, 4.69) is 0 Å². The SMILES string of the molecule is COc1cc(OC(=O)c2ccc(OC)c(C34CC5CC(CC(C5)C3)C4)c2)ccc1C(=O)O. The number of carboxylic acids is 1. The summed E-state index contributed by atoms with van der Waals surface area (Å²) in [5.41, 5.74) is 1.70. The Balaban J connectivity index is 1.44. The minimum Gasteiger partial charge on any atom is -0.496 e. The van der Waals surface area contributed by atoms with Gasteiger partial charge in [-0.3, -0.25) is 0 Å². The fourth-order valence-electron chi connectivity index (χ4n) is 6.77. The van der Waals surface area contributed by atoms with Crippen LogP contribution in [0.15, 0.2) is 36.4 Å². The number of carbonyl (C=O) groups is 2. The van der Waals surface area contributed by atoms with Crippen LogP contribution in [0.5, 0.6) is 17.2 Å². The van der Waals surface area contributed by atoms with Crippen LogP contribution >= 0.6 is 0 Å². The second-order valence-electron chi connectivity index (χ2n) is 9.67. The van der Waals surface area contributed by atoms with Crippen LogP contribution in [0.4, 0.5) is 0 Å². The van der Waals surface area contributed by atoms with Crippen LogP contribution in [-0.4, -0.2) is 31.3 Å². The number of benzene rings is 2. The van der Waals surface area contributed by atoms with Crippen molar-refractivity contribution >= 4 is 11.9 Å². The van der Waals surface area contributed by atoms with Crippen molar-refractivity contribution in [2.75, 3.05) is 14.2 Å². The van der Waals surface area contributed by atoms with Crippen molar-refractivity contribution in [2.24, 2.45) is 17.8 Å². The quantitative estimate of drug-likeness (QED) is 0.502. The lowest BCUT2D eigenvalue weighted by atomic mass is 9.48. The van der Waals surface area contributed by atoms with E-state index < -0.39 is 11.9 Å². The Labute approximate surface area is 187 Å². The fourth-order valence-corrected chi connectivity index (χ4v) is 6.77. The van der Waals surface area contributed by atoms with Gasteiger partial charge < -0.3 is 19.3 Å². The number of hydrogen-bond donors (Lipinski definition) is 1. The van der Waals surface area contributed by atoms with Crippen LogP contribution < -0.4 is 14.2 Å². The highest BCUT2D eigenvalue weighted by Crippen LogP contribution is 2.61. The average molecular weight is 437 g/mol. The Kier molecular flexibility index (Phi) is 5.11. The normalized spacial score (nSPS) is 27.8. The number of rotatable bonds is 6. The van der Waals surface area contributed by atoms with Gasteiger partial charge in [-0.2, -0.15) is 0 Å².